The van der Waals surface area contributed by atoms with Crippen LogP contribution in [0.1, 0.15) is 41.5 Å². The van der Waals surface area contributed by atoms with Crippen LogP contribution in [0.3, 0.4) is 0 Å². The number of amides is 3. The molecule has 8 nitrogen and oxygen atoms in total. The highest BCUT2D eigenvalue weighted by Gasteiger charge is 2.28. The summed E-state index contributed by atoms with van der Waals surface area (Å²) in [7, 11) is 3.17. The van der Waals surface area contributed by atoms with Gasteiger partial charge in [0.15, 0.2) is 6.61 Å². The van der Waals surface area contributed by atoms with Crippen molar-refractivity contribution in [2.75, 3.05) is 33.8 Å². The van der Waals surface area contributed by atoms with Crippen LogP contribution in [-0.2, 0) is 14.3 Å². The van der Waals surface area contributed by atoms with Crippen molar-refractivity contribution in [1.29, 1.82) is 0 Å². The first-order valence-corrected chi connectivity index (χ1v) is 7.85. The molecule has 0 aliphatic rings. The standard InChI is InChI=1S/C16H31N3O5/c1-15(2,3)19(14(22)23-11-12(20)18(7)8)10-9-17-13(21)24-16(4,5)6/h9-11H2,1-8H3,(H,17,21). The molecule has 0 bridgehead atoms. The fourth-order valence-corrected chi connectivity index (χ4v) is 1.61. The molecule has 0 aromatic carbocycles. The van der Waals surface area contributed by atoms with Crippen molar-refractivity contribution in [3.63, 3.8) is 0 Å². The van der Waals surface area contributed by atoms with Crippen LogP contribution in [-0.4, -0.2) is 72.8 Å². The van der Waals surface area contributed by atoms with Gasteiger partial charge >= 0.3 is 12.2 Å². The van der Waals surface area contributed by atoms with E-state index in [0.29, 0.717) is 0 Å². The van der Waals surface area contributed by atoms with Gasteiger partial charge in [-0.25, -0.2) is 9.59 Å². The molecule has 0 unspecified atom stereocenters. The Balaban J connectivity index is 4.56. The molecule has 24 heavy (non-hydrogen) atoms. The molecule has 0 aromatic heterocycles. The molecule has 0 heterocycles. The Morgan fingerprint density at radius 3 is 1.96 bits per heavy atom. The van der Waals surface area contributed by atoms with Gasteiger partial charge in [0.05, 0.1) is 0 Å². The van der Waals surface area contributed by atoms with Gasteiger partial charge in [-0.3, -0.25) is 4.79 Å². The molecule has 0 saturated heterocycles. The summed E-state index contributed by atoms with van der Waals surface area (Å²) in [6.45, 7) is 11.0. The molecule has 0 aromatic rings. The number of hydrogen-bond donors (Lipinski definition) is 1. The maximum atomic E-state index is 12.2. The lowest BCUT2D eigenvalue weighted by atomic mass is 10.1. The smallest absolute Gasteiger partial charge is 0.410 e. The predicted octanol–water partition coefficient (Wildman–Crippen LogP) is 1.84. The van der Waals surface area contributed by atoms with E-state index in [1.807, 2.05) is 20.8 Å². The van der Waals surface area contributed by atoms with E-state index in [4.69, 9.17) is 9.47 Å². The summed E-state index contributed by atoms with van der Waals surface area (Å²) < 4.78 is 10.2. The Morgan fingerprint density at radius 1 is 1.00 bits per heavy atom. The van der Waals surface area contributed by atoms with E-state index in [1.165, 1.54) is 9.80 Å². The number of nitrogens with zero attached hydrogens (tertiary/aromatic N) is 2. The van der Waals surface area contributed by atoms with E-state index in [9.17, 15) is 14.4 Å². The highest BCUT2D eigenvalue weighted by molar-refractivity contribution is 5.80. The predicted molar refractivity (Wildman–Crippen MR) is 90.7 cm³/mol. The van der Waals surface area contributed by atoms with Crippen LogP contribution in [0.15, 0.2) is 0 Å². The zero-order valence-electron chi connectivity index (χ0n) is 16.1. The van der Waals surface area contributed by atoms with Gasteiger partial charge in [0.1, 0.15) is 5.60 Å². The van der Waals surface area contributed by atoms with Crippen LogP contribution in [0.2, 0.25) is 0 Å². The first-order chi connectivity index (χ1) is 10.7. The highest BCUT2D eigenvalue weighted by atomic mass is 16.6. The molecule has 8 heteroatoms. The number of carbonyl (C=O) groups excluding carboxylic acids is 3. The Labute approximate surface area is 144 Å². The second-order valence-corrected chi connectivity index (χ2v) is 7.59. The number of rotatable bonds is 5. The molecule has 1 N–H and O–H groups in total. The first-order valence-electron chi connectivity index (χ1n) is 7.85. The molecule has 0 saturated carbocycles. The van der Waals surface area contributed by atoms with Gasteiger partial charge in [-0.2, -0.15) is 0 Å². The van der Waals surface area contributed by atoms with Crippen LogP contribution in [0.5, 0.6) is 0 Å². The van der Waals surface area contributed by atoms with Crippen molar-refractivity contribution in [2.24, 2.45) is 0 Å². The van der Waals surface area contributed by atoms with Crippen LogP contribution >= 0.6 is 0 Å². The highest BCUT2D eigenvalue weighted by Crippen LogP contribution is 2.14. The van der Waals surface area contributed by atoms with Crippen molar-refractivity contribution in [3.8, 4) is 0 Å². The first kappa shape index (κ1) is 22.0. The molecule has 140 valence electrons. The summed E-state index contributed by atoms with van der Waals surface area (Å²) in [6, 6.07) is 0. The van der Waals surface area contributed by atoms with Gasteiger partial charge in [0, 0.05) is 32.7 Å². The summed E-state index contributed by atoms with van der Waals surface area (Å²) in [6.07, 6.45) is -1.16. The van der Waals surface area contributed by atoms with E-state index in [2.05, 4.69) is 5.32 Å². The van der Waals surface area contributed by atoms with Gasteiger partial charge in [0.25, 0.3) is 5.91 Å². The summed E-state index contributed by atoms with van der Waals surface area (Å²) >= 11 is 0. The average Bonchev–Trinajstić information content (AvgIpc) is 2.36. The Hall–Kier alpha value is -1.99. The minimum Gasteiger partial charge on any atom is -0.444 e. The van der Waals surface area contributed by atoms with E-state index >= 15 is 0 Å². The van der Waals surface area contributed by atoms with Crippen LogP contribution in [0.4, 0.5) is 9.59 Å². The molecule has 0 rings (SSSR count). The average molecular weight is 345 g/mol. The normalized spacial score (nSPS) is 11.5. The maximum Gasteiger partial charge on any atom is 0.410 e. The van der Waals surface area contributed by atoms with Crippen molar-refractivity contribution in [1.82, 2.24) is 15.1 Å². The van der Waals surface area contributed by atoms with E-state index in [-0.39, 0.29) is 25.6 Å². The topological polar surface area (TPSA) is 88.2 Å². The molecule has 0 aliphatic carbocycles. The maximum absolute atomic E-state index is 12.2. The van der Waals surface area contributed by atoms with Crippen molar-refractivity contribution < 1.29 is 23.9 Å². The third-order valence-corrected chi connectivity index (χ3v) is 2.85. The molecular weight excluding hydrogens is 314 g/mol. The van der Waals surface area contributed by atoms with Gasteiger partial charge in [-0.15, -0.1) is 0 Å². The third-order valence-electron chi connectivity index (χ3n) is 2.85. The number of carbonyl (C=O) groups is 3. The number of likely N-dealkylation sites (N-methyl/N-ethyl adjacent to an activating group) is 1. The summed E-state index contributed by atoms with van der Waals surface area (Å²) in [5.41, 5.74) is -1.10. The minimum absolute atomic E-state index is 0.211. The fourth-order valence-electron chi connectivity index (χ4n) is 1.61. The van der Waals surface area contributed by atoms with Crippen molar-refractivity contribution in [3.05, 3.63) is 0 Å². The van der Waals surface area contributed by atoms with Crippen LogP contribution in [0.25, 0.3) is 0 Å². The second kappa shape index (κ2) is 8.75. The molecule has 0 aliphatic heterocycles. The summed E-state index contributed by atoms with van der Waals surface area (Å²) in [5.74, 6) is -0.302. The van der Waals surface area contributed by atoms with Gasteiger partial charge < -0.3 is 24.6 Å². The van der Waals surface area contributed by atoms with Crippen LogP contribution in [0, 0.1) is 0 Å². The molecule has 3 amide bonds. The molecular formula is C16H31N3O5. The third kappa shape index (κ3) is 9.22. The second-order valence-electron chi connectivity index (χ2n) is 7.59. The van der Waals surface area contributed by atoms with E-state index in [0.717, 1.165) is 0 Å². The lowest BCUT2D eigenvalue weighted by Crippen LogP contribution is -2.50. The number of hydrogen-bond acceptors (Lipinski definition) is 5. The Bertz CT molecular complexity index is 450. The summed E-state index contributed by atoms with van der Waals surface area (Å²) in [4.78, 5) is 38.2. The zero-order valence-corrected chi connectivity index (χ0v) is 16.1. The largest absolute Gasteiger partial charge is 0.444 e. The Kier molecular flexibility index (Phi) is 8.02. The fraction of sp³-hybridized carbons (Fsp3) is 0.812. The summed E-state index contributed by atoms with van der Waals surface area (Å²) in [5, 5.41) is 2.59. The lowest BCUT2D eigenvalue weighted by molar-refractivity contribution is -0.132. The molecule has 0 fully saturated rings. The van der Waals surface area contributed by atoms with Crippen molar-refractivity contribution >= 4 is 18.1 Å². The molecule has 0 radical (unpaired) electrons. The quantitative estimate of drug-likeness (QED) is 0.821. The van der Waals surface area contributed by atoms with Crippen molar-refractivity contribution in [2.45, 2.75) is 52.7 Å². The van der Waals surface area contributed by atoms with E-state index in [1.54, 1.807) is 34.9 Å². The SMILES string of the molecule is CN(C)C(=O)COC(=O)N(CCNC(=O)OC(C)(C)C)C(C)(C)C. The van der Waals surface area contributed by atoms with Gasteiger partial charge in [-0.1, -0.05) is 0 Å². The number of nitrogens with one attached hydrogen (secondary N) is 1. The number of ether oxygens (including phenoxy) is 2. The monoisotopic (exact) mass is 345 g/mol. The zero-order chi connectivity index (χ0) is 19.1. The minimum atomic E-state index is -0.608. The Morgan fingerprint density at radius 2 is 1.54 bits per heavy atom. The lowest BCUT2D eigenvalue weighted by Gasteiger charge is -2.34. The van der Waals surface area contributed by atoms with E-state index < -0.39 is 23.3 Å². The van der Waals surface area contributed by atoms with Gasteiger partial charge in [-0.05, 0) is 41.5 Å². The van der Waals surface area contributed by atoms with Gasteiger partial charge in [0.2, 0.25) is 0 Å². The molecule has 0 spiro atoms. The van der Waals surface area contributed by atoms with Crippen LogP contribution < -0.4 is 5.32 Å². The molecule has 0 atom stereocenters. The number of alkyl carbamates (subject to hydrolysis) is 1.